The molecule has 0 aromatic carbocycles. The fourth-order valence-electron chi connectivity index (χ4n) is 3.56. The minimum absolute atomic E-state index is 0.00776. The van der Waals surface area contributed by atoms with Crippen LogP contribution in [0.3, 0.4) is 0 Å². The number of carbonyl (C=O) groups is 1. The number of aliphatic hydroxyl groups excluding tert-OH is 1. The van der Waals surface area contributed by atoms with Gasteiger partial charge in [0.15, 0.2) is 0 Å². The standard InChI is InChI=1S/C15H28N2O2S/c1-10(14(9-18)20-2)16-15(19)13-8-7-11-5-3-4-6-12(11)17-13/h10-14,17-18H,3-9H2,1-2H3,(H,16,19). The highest BCUT2D eigenvalue weighted by Crippen LogP contribution is 2.32. The molecule has 5 unspecified atom stereocenters. The first-order chi connectivity index (χ1) is 9.65. The van der Waals surface area contributed by atoms with E-state index in [2.05, 4.69) is 10.6 Å². The second-order valence-electron chi connectivity index (χ2n) is 6.20. The molecule has 5 heteroatoms. The predicted molar refractivity (Wildman–Crippen MR) is 83.9 cm³/mol. The molecule has 1 heterocycles. The third-order valence-electron chi connectivity index (χ3n) is 4.88. The van der Waals surface area contributed by atoms with Gasteiger partial charge in [-0.25, -0.2) is 0 Å². The summed E-state index contributed by atoms with van der Waals surface area (Å²) < 4.78 is 0. The Balaban J connectivity index is 1.83. The first-order valence-electron chi connectivity index (χ1n) is 7.85. The quantitative estimate of drug-likeness (QED) is 0.720. The van der Waals surface area contributed by atoms with Crippen LogP contribution >= 0.6 is 11.8 Å². The molecule has 4 nitrogen and oxygen atoms in total. The second-order valence-corrected chi connectivity index (χ2v) is 7.28. The van der Waals surface area contributed by atoms with Gasteiger partial charge < -0.3 is 15.7 Å². The van der Waals surface area contributed by atoms with Crippen molar-refractivity contribution in [2.24, 2.45) is 5.92 Å². The summed E-state index contributed by atoms with van der Waals surface area (Å²) in [5, 5.41) is 16.0. The Hall–Kier alpha value is -0.260. The van der Waals surface area contributed by atoms with Gasteiger partial charge in [-0.3, -0.25) is 4.79 Å². The van der Waals surface area contributed by atoms with Crippen molar-refractivity contribution >= 4 is 17.7 Å². The molecule has 0 bridgehead atoms. The van der Waals surface area contributed by atoms with Crippen LogP contribution in [0.2, 0.25) is 0 Å². The molecule has 0 aromatic rings. The fourth-order valence-corrected chi connectivity index (χ4v) is 4.18. The number of aliphatic hydroxyl groups is 1. The Bertz CT molecular complexity index is 323. The molecule has 3 N–H and O–H groups in total. The SMILES string of the molecule is CSC(CO)C(C)NC(=O)C1CCC2CCCCC2N1. The molecule has 0 spiro atoms. The molecule has 2 rings (SSSR count). The highest BCUT2D eigenvalue weighted by molar-refractivity contribution is 7.99. The lowest BCUT2D eigenvalue weighted by molar-refractivity contribution is -0.125. The zero-order chi connectivity index (χ0) is 14.5. The number of fused-ring (bicyclic) bond motifs is 1. The predicted octanol–water partition coefficient (Wildman–Crippen LogP) is 1.53. The Morgan fingerprint density at radius 1 is 1.35 bits per heavy atom. The Morgan fingerprint density at radius 3 is 2.80 bits per heavy atom. The third-order valence-corrected chi connectivity index (χ3v) is 6.04. The average Bonchev–Trinajstić information content (AvgIpc) is 2.48. The van der Waals surface area contributed by atoms with Crippen LogP contribution in [0, 0.1) is 5.92 Å². The van der Waals surface area contributed by atoms with Gasteiger partial charge in [0.2, 0.25) is 5.91 Å². The summed E-state index contributed by atoms with van der Waals surface area (Å²) in [4.78, 5) is 12.4. The average molecular weight is 300 g/mol. The first kappa shape index (κ1) is 16.1. The van der Waals surface area contributed by atoms with Gasteiger partial charge in [0, 0.05) is 17.3 Å². The van der Waals surface area contributed by atoms with Crippen molar-refractivity contribution < 1.29 is 9.90 Å². The maximum Gasteiger partial charge on any atom is 0.237 e. The zero-order valence-electron chi connectivity index (χ0n) is 12.6. The number of hydrogen-bond donors (Lipinski definition) is 3. The maximum absolute atomic E-state index is 12.4. The number of thioether (sulfide) groups is 1. The number of piperidine rings is 1. The van der Waals surface area contributed by atoms with E-state index in [1.807, 2.05) is 13.2 Å². The van der Waals surface area contributed by atoms with E-state index in [0.717, 1.165) is 12.3 Å². The summed E-state index contributed by atoms with van der Waals surface area (Å²) in [6.45, 7) is 2.08. The molecule has 2 fully saturated rings. The van der Waals surface area contributed by atoms with E-state index < -0.39 is 0 Å². The van der Waals surface area contributed by atoms with E-state index in [0.29, 0.717) is 6.04 Å². The van der Waals surface area contributed by atoms with Crippen molar-refractivity contribution in [2.75, 3.05) is 12.9 Å². The van der Waals surface area contributed by atoms with Crippen molar-refractivity contribution in [3.63, 3.8) is 0 Å². The largest absolute Gasteiger partial charge is 0.395 e. The van der Waals surface area contributed by atoms with Gasteiger partial charge in [-0.1, -0.05) is 12.8 Å². The Kier molecular flexibility index (Phi) is 6.18. The van der Waals surface area contributed by atoms with Gasteiger partial charge in [-0.05, 0) is 44.8 Å². The molecule has 0 aromatic heterocycles. The summed E-state index contributed by atoms with van der Waals surface area (Å²) in [6, 6.07) is 0.504. The molecule has 1 aliphatic heterocycles. The monoisotopic (exact) mass is 300 g/mol. The number of amides is 1. The highest BCUT2D eigenvalue weighted by atomic mass is 32.2. The van der Waals surface area contributed by atoms with Crippen LogP contribution in [0.25, 0.3) is 0 Å². The topological polar surface area (TPSA) is 61.4 Å². The van der Waals surface area contributed by atoms with E-state index in [4.69, 9.17) is 0 Å². The minimum atomic E-state index is -0.0435. The van der Waals surface area contributed by atoms with Crippen molar-refractivity contribution in [3.05, 3.63) is 0 Å². The van der Waals surface area contributed by atoms with Crippen LogP contribution in [-0.2, 0) is 4.79 Å². The van der Waals surface area contributed by atoms with Crippen molar-refractivity contribution in [1.82, 2.24) is 10.6 Å². The molecule has 0 radical (unpaired) electrons. The molecule has 2 aliphatic rings. The Labute approximate surface area is 126 Å². The summed E-state index contributed by atoms with van der Waals surface area (Å²) in [5.74, 6) is 0.885. The van der Waals surface area contributed by atoms with Gasteiger partial charge in [-0.2, -0.15) is 11.8 Å². The lowest BCUT2D eigenvalue weighted by Crippen LogP contribution is -2.57. The van der Waals surface area contributed by atoms with Gasteiger partial charge in [-0.15, -0.1) is 0 Å². The normalized spacial score (nSPS) is 33.0. The Morgan fingerprint density at radius 2 is 2.10 bits per heavy atom. The summed E-state index contributed by atoms with van der Waals surface area (Å²) >= 11 is 1.60. The molecular formula is C15H28N2O2S. The molecule has 20 heavy (non-hydrogen) atoms. The van der Waals surface area contributed by atoms with Crippen LogP contribution < -0.4 is 10.6 Å². The van der Waals surface area contributed by atoms with Crippen LogP contribution in [0.4, 0.5) is 0 Å². The molecule has 1 aliphatic carbocycles. The molecule has 1 saturated heterocycles. The lowest BCUT2D eigenvalue weighted by Gasteiger charge is -2.40. The third kappa shape index (κ3) is 3.89. The number of carbonyl (C=O) groups excluding carboxylic acids is 1. The van der Waals surface area contributed by atoms with Crippen molar-refractivity contribution in [3.8, 4) is 0 Å². The van der Waals surface area contributed by atoms with Crippen molar-refractivity contribution in [2.45, 2.75) is 68.8 Å². The minimum Gasteiger partial charge on any atom is -0.395 e. The number of nitrogens with one attached hydrogen (secondary N) is 2. The molecular weight excluding hydrogens is 272 g/mol. The number of hydrogen-bond acceptors (Lipinski definition) is 4. The van der Waals surface area contributed by atoms with E-state index in [1.165, 1.54) is 32.1 Å². The van der Waals surface area contributed by atoms with Crippen LogP contribution in [0.5, 0.6) is 0 Å². The lowest BCUT2D eigenvalue weighted by atomic mass is 9.77. The maximum atomic E-state index is 12.4. The van der Waals surface area contributed by atoms with Gasteiger partial charge >= 0.3 is 0 Å². The van der Waals surface area contributed by atoms with Crippen LogP contribution in [0.1, 0.15) is 45.4 Å². The second kappa shape index (κ2) is 7.66. The molecule has 1 saturated carbocycles. The highest BCUT2D eigenvalue weighted by Gasteiger charge is 2.35. The van der Waals surface area contributed by atoms with E-state index >= 15 is 0 Å². The van der Waals surface area contributed by atoms with E-state index in [1.54, 1.807) is 11.8 Å². The summed E-state index contributed by atoms with van der Waals surface area (Å²) in [7, 11) is 0. The molecule has 1 amide bonds. The van der Waals surface area contributed by atoms with Crippen LogP contribution in [0.15, 0.2) is 0 Å². The molecule has 5 atom stereocenters. The number of rotatable bonds is 5. The van der Waals surface area contributed by atoms with Crippen LogP contribution in [-0.4, -0.2) is 47.3 Å². The zero-order valence-corrected chi connectivity index (χ0v) is 13.4. The smallest absolute Gasteiger partial charge is 0.237 e. The molecule has 116 valence electrons. The van der Waals surface area contributed by atoms with Gasteiger partial charge in [0.25, 0.3) is 0 Å². The van der Waals surface area contributed by atoms with Gasteiger partial charge in [0.05, 0.1) is 12.6 Å². The van der Waals surface area contributed by atoms with Gasteiger partial charge in [0.1, 0.15) is 0 Å². The summed E-state index contributed by atoms with van der Waals surface area (Å²) in [5.41, 5.74) is 0. The summed E-state index contributed by atoms with van der Waals surface area (Å²) in [6.07, 6.45) is 9.27. The van der Waals surface area contributed by atoms with Crippen molar-refractivity contribution in [1.29, 1.82) is 0 Å². The van der Waals surface area contributed by atoms with E-state index in [9.17, 15) is 9.90 Å². The fraction of sp³-hybridized carbons (Fsp3) is 0.933. The first-order valence-corrected chi connectivity index (χ1v) is 9.14. The van der Waals surface area contributed by atoms with E-state index in [-0.39, 0.29) is 29.8 Å².